The maximum atomic E-state index is 12.4. The van der Waals surface area contributed by atoms with Gasteiger partial charge in [0.2, 0.25) is 0 Å². The van der Waals surface area contributed by atoms with Crippen LogP contribution in [-0.4, -0.2) is 15.9 Å². The fraction of sp³-hybridized carbons (Fsp3) is 0.0526. The van der Waals surface area contributed by atoms with Crippen LogP contribution in [0, 0.1) is 0 Å². The summed E-state index contributed by atoms with van der Waals surface area (Å²) in [7, 11) is 0. The van der Waals surface area contributed by atoms with Crippen LogP contribution >= 0.6 is 0 Å². The van der Waals surface area contributed by atoms with Crippen LogP contribution in [0.2, 0.25) is 0 Å². The molecule has 4 rings (SSSR count). The lowest BCUT2D eigenvalue weighted by Crippen LogP contribution is -1.95. The van der Waals surface area contributed by atoms with E-state index in [-0.39, 0.29) is 11.5 Å². The molecule has 1 aliphatic rings. The Bertz CT molecular complexity index is 941. The predicted octanol–water partition coefficient (Wildman–Crippen LogP) is 3.76. The molecule has 0 bridgehead atoms. The average molecular weight is 287 g/mol. The Kier molecular flexibility index (Phi) is 2.79. The van der Waals surface area contributed by atoms with Crippen LogP contribution in [0.3, 0.4) is 0 Å². The molecule has 106 valence electrons. The molecule has 3 heteroatoms. The van der Waals surface area contributed by atoms with E-state index in [1.807, 2.05) is 42.5 Å². The first-order valence-electron chi connectivity index (χ1n) is 7.13. The van der Waals surface area contributed by atoms with Crippen molar-refractivity contribution in [1.82, 2.24) is 4.98 Å². The number of nitrogens with zero attached hydrogens (tertiary/aromatic N) is 1. The van der Waals surface area contributed by atoms with E-state index in [0.29, 0.717) is 12.0 Å². The van der Waals surface area contributed by atoms with Crippen molar-refractivity contribution in [3.63, 3.8) is 0 Å². The van der Waals surface area contributed by atoms with Crippen molar-refractivity contribution in [3.05, 3.63) is 77.0 Å². The molecule has 1 aromatic heterocycles. The van der Waals surface area contributed by atoms with Gasteiger partial charge in [0, 0.05) is 29.1 Å². The van der Waals surface area contributed by atoms with E-state index >= 15 is 0 Å². The summed E-state index contributed by atoms with van der Waals surface area (Å²) in [4.78, 5) is 16.8. The molecule has 1 aliphatic carbocycles. The van der Waals surface area contributed by atoms with Gasteiger partial charge in [0.05, 0.1) is 5.52 Å². The number of phenols is 1. The number of benzene rings is 2. The quantitative estimate of drug-likeness (QED) is 0.693. The van der Waals surface area contributed by atoms with Gasteiger partial charge in [0.1, 0.15) is 5.75 Å². The lowest BCUT2D eigenvalue weighted by Gasteiger charge is -2.00. The van der Waals surface area contributed by atoms with E-state index in [4.69, 9.17) is 0 Å². The Morgan fingerprint density at radius 3 is 2.91 bits per heavy atom. The van der Waals surface area contributed by atoms with E-state index in [1.165, 1.54) is 0 Å². The van der Waals surface area contributed by atoms with Crippen molar-refractivity contribution in [2.75, 3.05) is 0 Å². The van der Waals surface area contributed by atoms with Crippen LogP contribution in [0.4, 0.5) is 0 Å². The number of carbonyl (C=O) groups excluding carboxylic acids is 1. The molecule has 3 aromatic rings. The number of ketones is 1. The molecule has 0 radical (unpaired) electrons. The highest BCUT2D eigenvalue weighted by molar-refractivity contribution is 6.15. The Balaban J connectivity index is 1.75. The summed E-state index contributed by atoms with van der Waals surface area (Å²) < 4.78 is 0. The van der Waals surface area contributed by atoms with Gasteiger partial charge in [-0.2, -0.15) is 0 Å². The van der Waals surface area contributed by atoms with E-state index in [2.05, 4.69) is 4.98 Å². The number of aromatic hydroxyl groups is 1. The number of hydrogen-bond donors (Lipinski definition) is 1. The predicted molar refractivity (Wildman–Crippen MR) is 85.9 cm³/mol. The van der Waals surface area contributed by atoms with Crippen molar-refractivity contribution in [3.8, 4) is 5.75 Å². The highest BCUT2D eigenvalue weighted by Gasteiger charge is 2.24. The fourth-order valence-corrected chi connectivity index (χ4v) is 2.88. The summed E-state index contributed by atoms with van der Waals surface area (Å²) in [6.45, 7) is 0. The van der Waals surface area contributed by atoms with Crippen molar-refractivity contribution >= 4 is 22.8 Å². The van der Waals surface area contributed by atoms with Crippen molar-refractivity contribution in [2.24, 2.45) is 0 Å². The molecule has 0 saturated carbocycles. The molecule has 0 saturated heterocycles. The Labute approximate surface area is 127 Å². The largest absolute Gasteiger partial charge is 0.508 e. The molecule has 2 aromatic carbocycles. The van der Waals surface area contributed by atoms with Gasteiger partial charge in [0.15, 0.2) is 5.78 Å². The van der Waals surface area contributed by atoms with Gasteiger partial charge >= 0.3 is 0 Å². The van der Waals surface area contributed by atoms with E-state index in [1.54, 1.807) is 18.3 Å². The number of aromatic nitrogens is 1. The van der Waals surface area contributed by atoms with Gasteiger partial charge < -0.3 is 5.11 Å². The van der Waals surface area contributed by atoms with Crippen LogP contribution in [0.5, 0.6) is 5.75 Å². The van der Waals surface area contributed by atoms with Crippen molar-refractivity contribution < 1.29 is 9.90 Å². The molecule has 1 heterocycles. The third-order valence-corrected chi connectivity index (χ3v) is 3.98. The number of phenolic OH excluding ortho intramolecular Hbond substituents is 1. The second-order valence-electron chi connectivity index (χ2n) is 5.47. The number of allylic oxidation sites excluding steroid dienone is 1. The summed E-state index contributed by atoms with van der Waals surface area (Å²) >= 11 is 0. The average Bonchev–Trinajstić information content (AvgIpc) is 2.83. The number of rotatable bonds is 1. The van der Waals surface area contributed by atoms with Gasteiger partial charge in [0.25, 0.3) is 0 Å². The third kappa shape index (κ3) is 2.07. The Hall–Kier alpha value is -2.94. The number of Topliss-reactive ketones (excluding diaryl/α,β-unsaturated/α-hetero) is 1. The lowest BCUT2D eigenvalue weighted by atomic mass is 10.1. The molecule has 0 unspecified atom stereocenters. The molecule has 3 nitrogen and oxygen atoms in total. The summed E-state index contributed by atoms with van der Waals surface area (Å²) in [5, 5.41) is 10.6. The molecule has 0 amide bonds. The molecule has 22 heavy (non-hydrogen) atoms. The number of hydrogen-bond acceptors (Lipinski definition) is 3. The van der Waals surface area contributed by atoms with Gasteiger partial charge in [-0.15, -0.1) is 0 Å². The zero-order valence-corrected chi connectivity index (χ0v) is 11.8. The molecule has 0 aliphatic heterocycles. The molecular weight excluding hydrogens is 274 g/mol. The van der Waals surface area contributed by atoms with Crippen LogP contribution in [-0.2, 0) is 6.42 Å². The molecule has 1 N–H and O–H groups in total. The van der Waals surface area contributed by atoms with E-state index < -0.39 is 0 Å². The number of pyridine rings is 1. The fourth-order valence-electron chi connectivity index (χ4n) is 2.88. The summed E-state index contributed by atoms with van der Waals surface area (Å²) in [6.07, 6.45) is 4.28. The Morgan fingerprint density at radius 1 is 1.09 bits per heavy atom. The lowest BCUT2D eigenvalue weighted by molar-refractivity contribution is 0.104. The van der Waals surface area contributed by atoms with Crippen LogP contribution in [0.15, 0.2) is 60.3 Å². The van der Waals surface area contributed by atoms with Gasteiger partial charge in [-0.05, 0) is 41.5 Å². The first kappa shape index (κ1) is 12.8. The summed E-state index contributed by atoms with van der Waals surface area (Å²) in [5.74, 6) is 0.121. The maximum absolute atomic E-state index is 12.4. The van der Waals surface area contributed by atoms with Gasteiger partial charge in [-0.3, -0.25) is 9.78 Å². The molecule has 0 spiro atoms. The number of carbonyl (C=O) groups is 1. The monoisotopic (exact) mass is 287 g/mol. The SMILES string of the molecule is O=C1C(=Cc2ccc3cccnc3c2)Cc2ccc(O)cc21. The topological polar surface area (TPSA) is 50.2 Å². The molecule has 0 atom stereocenters. The summed E-state index contributed by atoms with van der Waals surface area (Å²) in [5.41, 5.74) is 4.19. The minimum atomic E-state index is -0.00739. The number of fused-ring (bicyclic) bond motifs is 2. The van der Waals surface area contributed by atoms with E-state index in [0.717, 1.165) is 27.6 Å². The van der Waals surface area contributed by atoms with Crippen LogP contribution in [0.25, 0.3) is 17.0 Å². The van der Waals surface area contributed by atoms with Crippen molar-refractivity contribution in [2.45, 2.75) is 6.42 Å². The van der Waals surface area contributed by atoms with Gasteiger partial charge in [-0.1, -0.05) is 24.3 Å². The maximum Gasteiger partial charge on any atom is 0.189 e. The normalized spacial score (nSPS) is 15.5. The second kappa shape index (κ2) is 4.81. The minimum Gasteiger partial charge on any atom is -0.508 e. The zero-order chi connectivity index (χ0) is 15.1. The zero-order valence-electron chi connectivity index (χ0n) is 11.8. The van der Waals surface area contributed by atoms with E-state index in [9.17, 15) is 9.90 Å². The van der Waals surface area contributed by atoms with Crippen LogP contribution < -0.4 is 0 Å². The van der Waals surface area contributed by atoms with Crippen LogP contribution in [0.1, 0.15) is 21.5 Å². The first-order valence-corrected chi connectivity index (χ1v) is 7.13. The smallest absolute Gasteiger partial charge is 0.189 e. The highest BCUT2D eigenvalue weighted by atomic mass is 16.3. The van der Waals surface area contributed by atoms with Gasteiger partial charge in [-0.25, -0.2) is 0 Å². The molecular formula is C19H13NO2. The second-order valence-corrected chi connectivity index (χ2v) is 5.47. The first-order chi connectivity index (χ1) is 10.7. The summed E-state index contributed by atoms with van der Waals surface area (Å²) in [6, 6.07) is 14.9. The standard InChI is InChI=1S/C19H13NO2/c21-16-6-5-14-10-15(19(22)17(14)11-16)8-12-3-4-13-2-1-7-20-18(13)9-12/h1-9,11,21H,10H2. The highest BCUT2D eigenvalue weighted by Crippen LogP contribution is 2.30. The third-order valence-electron chi connectivity index (χ3n) is 3.98. The molecule has 0 fully saturated rings. The Morgan fingerprint density at radius 2 is 2.00 bits per heavy atom. The van der Waals surface area contributed by atoms with Crippen molar-refractivity contribution in [1.29, 1.82) is 0 Å². The minimum absolute atomic E-state index is 0.00739.